The van der Waals surface area contributed by atoms with Gasteiger partial charge < -0.3 is 14.5 Å². The third kappa shape index (κ3) is 3.22. The van der Waals surface area contributed by atoms with E-state index in [1.807, 2.05) is 31.3 Å². The van der Waals surface area contributed by atoms with Gasteiger partial charge in [-0.2, -0.15) is 0 Å². The average Bonchev–Trinajstić information content (AvgIpc) is 3.14. The molecule has 0 bridgehead atoms. The van der Waals surface area contributed by atoms with Gasteiger partial charge in [0.1, 0.15) is 5.75 Å². The van der Waals surface area contributed by atoms with Crippen LogP contribution < -0.4 is 9.47 Å². The highest BCUT2D eigenvalue weighted by atomic mass is 16.5. The molecule has 3 rings (SSSR count). The molecule has 1 atom stereocenters. The second-order valence-electron chi connectivity index (χ2n) is 5.50. The molecule has 24 heavy (non-hydrogen) atoms. The van der Waals surface area contributed by atoms with E-state index < -0.39 is 0 Å². The van der Waals surface area contributed by atoms with Crippen molar-refractivity contribution < 1.29 is 9.47 Å². The minimum Gasteiger partial charge on any atom is -0.496 e. The maximum atomic E-state index is 5.65. The smallest absolute Gasteiger partial charge is 0.316 e. The van der Waals surface area contributed by atoms with Crippen LogP contribution in [0.5, 0.6) is 11.8 Å². The summed E-state index contributed by atoms with van der Waals surface area (Å²) in [5, 5.41) is 0. The number of rotatable bonds is 6. The first-order valence-corrected chi connectivity index (χ1v) is 7.70. The molecule has 0 aliphatic heterocycles. The largest absolute Gasteiger partial charge is 0.496 e. The molecular formula is C18H20N4O2. The van der Waals surface area contributed by atoms with Gasteiger partial charge in [0.15, 0.2) is 0 Å². The second kappa shape index (κ2) is 7.12. The van der Waals surface area contributed by atoms with Crippen LogP contribution >= 0.6 is 0 Å². The number of aryl methyl sites for hydroxylation is 1. The molecule has 2 heterocycles. The topological polar surface area (TPSA) is 72.9 Å². The SMILES string of the molecule is COc1nccc(C[C@@H](c2cnc[nH]2)c2cccc(C)c2OC)n1. The molecule has 0 fully saturated rings. The third-order valence-electron chi connectivity index (χ3n) is 4.00. The first-order chi connectivity index (χ1) is 11.7. The zero-order chi connectivity index (χ0) is 16.9. The Labute approximate surface area is 140 Å². The summed E-state index contributed by atoms with van der Waals surface area (Å²) in [4.78, 5) is 15.9. The number of para-hydroxylation sites is 1. The summed E-state index contributed by atoms with van der Waals surface area (Å²) >= 11 is 0. The lowest BCUT2D eigenvalue weighted by molar-refractivity contribution is 0.377. The zero-order valence-corrected chi connectivity index (χ0v) is 14.0. The molecule has 0 radical (unpaired) electrons. The van der Waals surface area contributed by atoms with E-state index >= 15 is 0 Å². The highest BCUT2D eigenvalue weighted by molar-refractivity contribution is 5.46. The Balaban J connectivity index is 2.03. The van der Waals surface area contributed by atoms with Crippen molar-refractivity contribution in [3.63, 3.8) is 0 Å². The van der Waals surface area contributed by atoms with Crippen molar-refractivity contribution in [1.82, 2.24) is 19.9 Å². The van der Waals surface area contributed by atoms with Gasteiger partial charge in [-0.05, 0) is 18.6 Å². The first kappa shape index (κ1) is 16.0. The van der Waals surface area contributed by atoms with E-state index in [1.54, 1.807) is 26.7 Å². The van der Waals surface area contributed by atoms with Gasteiger partial charge in [0, 0.05) is 41.7 Å². The molecule has 124 valence electrons. The van der Waals surface area contributed by atoms with E-state index in [1.165, 1.54) is 0 Å². The molecule has 0 saturated heterocycles. The van der Waals surface area contributed by atoms with Crippen molar-refractivity contribution >= 4 is 0 Å². The highest BCUT2D eigenvalue weighted by Gasteiger charge is 2.22. The normalized spacial score (nSPS) is 12.0. The lowest BCUT2D eigenvalue weighted by Gasteiger charge is -2.20. The Bertz CT molecular complexity index is 803. The van der Waals surface area contributed by atoms with Crippen molar-refractivity contribution in [2.75, 3.05) is 14.2 Å². The average molecular weight is 324 g/mol. The van der Waals surface area contributed by atoms with E-state index in [9.17, 15) is 0 Å². The maximum Gasteiger partial charge on any atom is 0.316 e. The molecule has 0 aliphatic rings. The Morgan fingerprint density at radius 2 is 2.04 bits per heavy atom. The van der Waals surface area contributed by atoms with Crippen molar-refractivity contribution in [2.24, 2.45) is 0 Å². The number of hydrogen-bond acceptors (Lipinski definition) is 5. The predicted octanol–water partition coefficient (Wildman–Crippen LogP) is 2.90. The molecule has 0 amide bonds. The minimum absolute atomic E-state index is 0.0435. The van der Waals surface area contributed by atoms with Crippen LogP contribution in [-0.4, -0.2) is 34.2 Å². The molecule has 0 saturated carbocycles. The number of methoxy groups -OCH3 is 2. The van der Waals surface area contributed by atoms with E-state index in [2.05, 4.69) is 26.0 Å². The molecule has 0 aliphatic carbocycles. The highest BCUT2D eigenvalue weighted by Crippen LogP contribution is 2.35. The van der Waals surface area contributed by atoms with Gasteiger partial charge in [-0.3, -0.25) is 0 Å². The number of aromatic amines is 1. The number of nitrogens with zero attached hydrogens (tertiary/aromatic N) is 3. The molecule has 2 aromatic heterocycles. The monoisotopic (exact) mass is 324 g/mol. The summed E-state index contributed by atoms with van der Waals surface area (Å²) in [6.07, 6.45) is 5.91. The summed E-state index contributed by atoms with van der Waals surface area (Å²) in [5.74, 6) is 0.931. The van der Waals surface area contributed by atoms with Crippen LogP contribution in [0.25, 0.3) is 0 Å². The van der Waals surface area contributed by atoms with Crippen molar-refractivity contribution in [1.29, 1.82) is 0 Å². The minimum atomic E-state index is 0.0435. The van der Waals surface area contributed by atoms with Gasteiger partial charge in [0.25, 0.3) is 0 Å². The van der Waals surface area contributed by atoms with Crippen LogP contribution in [0.3, 0.4) is 0 Å². The number of benzene rings is 1. The van der Waals surface area contributed by atoms with Crippen LogP contribution in [0, 0.1) is 6.92 Å². The van der Waals surface area contributed by atoms with Gasteiger partial charge in [-0.25, -0.2) is 15.0 Å². The van der Waals surface area contributed by atoms with Crippen LogP contribution in [0.2, 0.25) is 0 Å². The fourth-order valence-corrected chi connectivity index (χ4v) is 2.87. The van der Waals surface area contributed by atoms with Gasteiger partial charge in [-0.1, -0.05) is 18.2 Å². The summed E-state index contributed by atoms with van der Waals surface area (Å²) in [5.41, 5.74) is 4.10. The molecule has 6 nitrogen and oxygen atoms in total. The number of nitrogens with one attached hydrogen (secondary N) is 1. The fraction of sp³-hybridized carbons (Fsp3) is 0.278. The molecule has 6 heteroatoms. The van der Waals surface area contributed by atoms with Crippen molar-refractivity contribution in [2.45, 2.75) is 19.3 Å². The standard InChI is InChI=1S/C18H20N4O2/c1-12-5-4-6-14(17(12)23-2)15(16-10-19-11-21-16)9-13-7-8-20-18(22-13)24-3/h4-8,10-11,15H,9H2,1-3H3,(H,19,21)/t15-/m1/s1. The van der Waals surface area contributed by atoms with Crippen molar-refractivity contribution in [3.05, 3.63) is 65.5 Å². The van der Waals surface area contributed by atoms with Gasteiger partial charge in [-0.15, -0.1) is 0 Å². The fourth-order valence-electron chi connectivity index (χ4n) is 2.87. The molecule has 3 aromatic rings. The van der Waals surface area contributed by atoms with Crippen LogP contribution in [-0.2, 0) is 6.42 Å². The van der Waals surface area contributed by atoms with E-state index in [0.29, 0.717) is 12.4 Å². The number of ether oxygens (including phenoxy) is 2. The van der Waals surface area contributed by atoms with Crippen LogP contribution in [0.1, 0.15) is 28.4 Å². The Hall–Kier alpha value is -2.89. The predicted molar refractivity (Wildman–Crippen MR) is 90.4 cm³/mol. The van der Waals surface area contributed by atoms with E-state index in [-0.39, 0.29) is 5.92 Å². The summed E-state index contributed by atoms with van der Waals surface area (Å²) in [7, 11) is 3.26. The Kier molecular flexibility index (Phi) is 4.74. The summed E-state index contributed by atoms with van der Waals surface area (Å²) < 4.78 is 10.8. The molecule has 0 spiro atoms. The zero-order valence-electron chi connectivity index (χ0n) is 14.0. The first-order valence-electron chi connectivity index (χ1n) is 7.70. The summed E-state index contributed by atoms with van der Waals surface area (Å²) in [6.45, 7) is 2.04. The number of imidazole rings is 1. The summed E-state index contributed by atoms with van der Waals surface area (Å²) in [6, 6.07) is 8.42. The Morgan fingerprint density at radius 3 is 2.75 bits per heavy atom. The molecule has 1 N–H and O–H groups in total. The Morgan fingerprint density at radius 1 is 1.17 bits per heavy atom. The van der Waals surface area contributed by atoms with Crippen LogP contribution in [0.15, 0.2) is 43.0 Å². The van der Waals surface area contributed by atoms with Gasteiger partial charge in [0.05, 0.1) is 20.5 Å². The van der Waals surface area contributed by atoms with Gasteiger partial charge >= 0.3 is 6.01 Å². The molecule has 0 unspecified atom stereocenters. The third-order valence-corrected chi connectivity index (χ3v) is 4.00. The lowest BCUT2D eigenvalue weighted by atomic mass is 9.89. The van der Waals surface area contributed by atoms with E-state index in [0.717, 1.165) is 28.3 Å². The van der Waals surface area contributed by atoms with Gasteiger partial charge in [0.2, 0.25) is 0 Å². The van der Waals surface area contributed by atoms with Crippen LogP contribution in [0.4, 0.5) is 0 Å². The molecule has 1 aromatic carbocycles. The second-order valence-corrected chi connectivity index (χ2v) is 5.50. The quantitative estimate of drug-likeness (QED) is 0.755. The number of hydrogen-bond donors (Lipinski definition) is 1. The number of aromatic nitrogens is 4. The number of H-pyrrole nitrogens is 1. The van der Waals surface area contributed by atoms with Crippen molar-refractivity contribution in [3.8, 4) is 11.8 Å². The maximum absolute atomic E-state index is 5.65. The van der Waals surface area contributed by atoms with E-state index in [4.69, 9.17) is 9.47 Å². The molecular weight excluding hydrogens is 304 g/mol. The lowest BCUT2D eigenvalue weighted by Crippen LogP contribution is -2.10.